The SMILES string of the molecule is CC1CCN(C(=O)c2ccccc2OC(F)F)C(CN)C1. The second-order valence-electron chi connectivity index (χ2n) is 5.39. The fourth-order valence-electron chi connectivity index (χ4n) is 2.74. The number of benzene rings is 1. The molecule has 4 nitrogen and oxygen atoms in total. The van der Waals surface area contributed by atoms with Crippen molar-refractivity contribution >= 4 is 5.91 Å². The van der Waals surface area contributed by atoms with Gasteiger partial charge in [-0.15, -0.1) is 0 Å². The minimum Gasteiger partial charge on any atom is -0.434 e. The lowest BCUT2D eigenvalue weighted by Crippen LogP contribution is -2.49. The first kappa shape index (κ1) is 15.7. The van der Waals surface area contributed by atoms with E-state index >= 15 is 0 Å². The highest BCUT2D eigenvalue weighted by molar-refractivity contribution is 5.97. The van der Waals surface area contributed by atoms with Crippen LogP contribution in [0.2, 0.25) is 0 Å². The van der Waals surface area contributed by atoms with Gasteiger partial charge in [0.2, 0.25) is 0 Å². The maximum atomic E-state index is 12.6. The van der Waals surface area contributed by atoms with Crippen LogP contribution >= 0.6 is 0 Å². The molecule has 0 radical (unpaired) electrons. The highest BCUT2D eigenvalue weighted by Crippen LogP contribution is 2.27. The average molecular weight is 298 g/mol. The molecule has 0 saturated carbocycles. The zero-order chi connectivity index (χ0) is 15.4. The molecule has 1 heterocycles. The summed E-state index contributed by atoms with van der Waals surface area (Å²) < 4.78 is 29.3. The first-order chi connectivity index (χ1) is 10.0. The molecule has 116 valence electrons. The van der Waals surface area contributed by atoms with Crippen molar-refractivity contribution in [1.29, 1.82) is 0 Å². The smallest absolute Gasteiger partial charge is 0.387 e. The van der Waals surface area contributed by atoms with Gasteiger partial charge in [-0.2, -0.15) is 8.78 Å². The number of ether oxygens (including phenoxy) is 1. The van der Waals surface area contributed by atoms with Crippen molar-refractivity contribution in [2.75, 3.05) is 13.1 Å². The van der Waals surface area contributed by atoms with Crippen LogP contribution in [0.1, 0.15) is 30.1 Å². The molecular weight excluding hydrogens is 278 g/mol. The van der Waals surface area contributed by atoms with E-state index in [1.807, 2.05) is 0 Å². The van der Waals surface area contributed by atoms with Crippen LogP contribution in [0.5, 0.6) is 5.75 Å². The van der Waals surface area contributed by atoms with Crippen LogP contribution in [0.4, 0.5) is 8.78 Å². The van der Waals surface area contributed by atoms with Gasteiger partial charge in [0.1, 0.15) is 5.75 Å². The fraction of sp³-hybridized carbons (Fsp3) is 0.533. The monoisotopic (exact) mass is 298 g/mol. The van der Waals surface area contributed by atoms with Crippen LogP contribution in [0.15, 0.2) is 24.3 Å². The van der Waals surface area contributed by atoms with E-state index in [2.05, 4.69) is 11.7 Å². The Morgan fingerprint density at radius 2 is 2.19 bits per heavy atom. The molecule has 1 fully saturated rings. The third-order valence-electron chi connectivity index (χ3n) is 3.84. The molecule has 1 saturated heterocycles. The number of carbonyl (C=O) groups excluding carboxylic acids is 1. The van der Waals surface area contributed by atoms with Crippen molar-refractivity contribution in [2.45, 2.75) is 32.4 Å². The molecular formula is C15H20F2N2O2. The molecule has 0 aliphatic carbocycles. The van der Waals surface area contributed by atoms with Crippen molar-refractivity contribution in [1.82, 2.24) is 4.90 Å². The Labute approximate surface area is 122 Å². The number of halogens is 2. The molecule has 2 unspecified atom stereocenters. The molecule has 21 heavy (non-hydrogen) atoms. The summed E-state index contributed by atoms with van der Waals surface area (Å²) in [5.74, 6) is 0.121. The first-order valence-corrected chi connectivity index (χ1v) is 7.07. The number of carbonyl (C=O) groups is 1. The normalized spacial score (nSPS) is 22.4. The summed E-state index contributed by atoms with van der Waals surface area (Å²) in [6.07, 6.45) is 1.72. The van der Waals surface area contributed by atoms with E-state index in [1.54, 1.807) is 17.0 Å². The standard InChI is InChI=1S/C15H20F2N2O2/c1-10-6-7-19(11(8-10)9-18)14(20)12-4-2-3-5-13(12)21-15(16)17/h2-5,10-11,15H,6-9,18H2,1H3. The summed E-state index contributed by atoms with van der Waals surface area (Å²) in [7, 11) is 0. The minimum absolute atomic E-state index is 0.0548. The van der Waals surface area contributed by atoms with Gasteiger partial charge in [0.05, 0.1) is 5.56 Å². The number of rotatable bonds is 4. The summed E-state index contributed by atoms with van der Waals surface area (Å²) >= 11 is 0. The quantitative estimate of drug-likeness (QED) is 0.929. The Bertz CT molecular complexity index is 496. The Morgan fingerprint density at radius 3 is 2.86 bits per heavy atom. The summed E-state index contributed by atoms with van der Waals surface area (Å²) in [6.45, 7) is 0.127. The van der Waals surface area contributed by atoms with Crippen LogP contribution in [0.3, 0.4) is 0 Å². The molecule has 1 aromatic carbocycles. The van der Waals surface area contributed by atoms with Crippen molar-refractivity contribution < 1.29 is 18.3 Å². The predicted octanol–water partition coefficient (Wildman–Crippen LogP) is 2.49. The van der Waals surface area contributed by atoms with E-state index in [-0.39, 0.29) is 23.3 Å². The molecule has 2 rings (SSSR count). The number of hydrogen-bond donors (Lipinski definition) is 1. The second-order valence-corrected chi connectivity index (χ2v) is 5.39. The lowest BCUT2D eigenvalue weighted by Gasteiger charge is -2.38. The molecule has 2 N–H and O–H groups in total. The zero-order valence-electron chi connectivity index (χ0n) is 12.0. The van der Waals surface area contributed by atoms with Crippen molar-refractivity contribution in [3.8, 4) is 5.75 Å². The van der Waals surface area contributed by atoms with Gasteiger partial charge in [0.25, 0.3) is 5.91 Å². The lowest BCUT2D eigenvalue weighted by atomic mass is 9.92. The number of likely N-dealkylation sites (tertiary alicyclic amines) is 1. The van der Waals surface area contributed by atoms with Crippen LogP contribution in [-0.4, -0.2) is 36.5 Å². The topological polar surface area (TPSA) is 55.6 Å². The van der Waals surface area contributed by atoms with Crippen molar-refractivity contribution in [3.05, 3.63) is 29.8 Å². The van der Waals surface area contributed by atoms with Crippen LogP contribution in [0, 0.1) is 5.92 Å². The minimum atomic E-state index is -2.95. The molecule has 1 aromatic rings. The third kappa shape index (κ3) is 3.69. The number of nitrogens with two attached hydrogens (primary N) is 1. The summed E-state index contributed by atoms with van der Waals surface area (Å²) in [5.41, 5.74) is 5.90. The number of para-hydroxylation sites is 1. The molecule has 0 bridgehead atoms. The molecule has 2 atom stereocenters. The highest BCUT2D eigenvalue weighted by Gasteiger charge is 2.31. The Balaban J connectivity index is 2.23. The van der Waals surface area contributed by atoms with Gasteiger partial charge in [-0.3, -0.25) is 4.79 Å². The third-order valence-corrected chi connectivity index (χ3v) is 3.84. The molecule has 1 amide bonds. The van der Waals surface area contributed by atoms with Gasteiger partial charge in [-0.25, -0.2) is 0 Å². The fourth-order valence-corrected chi connectivity index (χ4v) is 2.74. The zero-order valence-corrected chi connectivity index (χ0v) is 12.0. The summed E-state index contributed by atoms with van der Waals surface area (Å²) in [5, 5.41) is 0. The van der Waals surface area contributed by atoms with E-state index in [0.29, 0.717) is 19.0 Å². The second kappa shape index (κ2) is 6.85. The highest BCUT2D eigenvalue weighted by atomic mass is 19.3. The number of amides is 1. The van der Waals surface area contributed by atoms with E-state index in [4.69, 9.17) is 5.73 Å². The summed E-state index contributed by atoms with van der Waals surface area (Å²) in [6, 6.07) is 6.03. The molecule has 0 spiro atoms. The molecule has 1 aliphatic heterocycles. The van der Waals surface area contributed by atoms with Crippen molar-refractivity contribution in [3.63, 3.8) is 0 Å². The van der Waals surface area contributed by atoms with Crippen LogP contribution < -0.4 is 10.5 Å². The van der Waals surface area contributed by atoms with Crippen LogP contribution in [0.25, 0.3) is 0 Å². The van der Waals surface area contributed by atoms with Gasteiger partial charge in [-0.05, 0) is 30.9 Å². The maximum absolute atomic E-state index is 12.6. The molecule has 1 aliphatic rings. The van der Waals surface area contributed by atoms with E-state index in [1.165, 1.54) is 12.1 Å². The number of alkyl halides is 2. The predicted molar refractivity (Wildman–Crippen MR) is 75.4 cm³/mol. The van der Waals surface area contributed by atoms with Crippen molar-refractivity contribution in [2.24, 2.45) is 11.7 Å². The maximum Gasteiger partial charge on any atom is 0.387 e. The van der Waals surface area contributed by atoms with Gasteiger partial charge in [0, 0.05) is 19.1 Å². The number of piperidine rings is 1. The largest absolute Gasteiger partial charge is 0.434 e. The first-order valence-electron chi connectivity index (χ1n) is 7.07. The van der Waals surface area contributed by atoms with Crippen LogP contribution in [-0.2, 0) is 0 Å². The Morgan fingerprint density at radius 1 is 1.48 bits per heavy atom. The Kier molecular flexibility index (Phi) is 5.12. The van der Waals surface area contributed by atoms with E-state index in [0.717, 1.165) is 12.8 Å². The number of hydrogen-bond acceptors (Lipinski definition) is 3. The lowest BCUT2D eigenvalue weighted by molar-refractivity contribution is -0.0503. The van der Waals surface area contributed by atoms with Gasteiger partial charge in [0.15, 0.2) is 0 Å². The van der Waals surface area contributed by atoms with Gasteiger partial charge < -0.3 is 15.4 Å². The Hall–Kier alpha value is -1.69. The van der Waals surface area contributed by atoms with Gasteiger partial charge in [-0.1, -0.05) is 19.1 Å². The average Bonchev–Trinajstić information content (AvgIpc) is 2.46. The number of nitrogens with zero attached hydrogens (tertiary/aromatic N) is 1. The summed E-state index contributed by atoms with van der Waals surface area (Å²) in [4.78, 5) is 14.3. The van der Waals surface area contributed by atoms with E-state index < -0.39 is 6.61 Å². The molecule has 6 heteroatoms. The van der Waals surface area contributed by atoms with Gasteiger partial charge >= 0.3 is 6.61 Å². The van der Waals surface area contributed by atoms with E-state index in [9.17, 15) is 13.6 Å². The molecule has 0 aromatic heterocycles.